The third kappa shape index (κ3) is 3.68. The predicted molar refractivity (Wildman–Crippen MR) is 70.2 cm³/mol. The van der Waals surface area contributed by atoms with Crippen LogP contribution in [0, 0.1) is 5.92 Å². The average molecular weight is 241 g/mol. The van der Waals surface area contributed by atoms with Crippen molar-refractivity contribution in [3.8, 4) is 0 Å². The van der Waals surface area contributed by atoms with Crippen LogP contribution >= 0.6 is 0 Å². The number of hydrazine groups is 1. The number of amides is 1. The van der Waals surface area contributed by atoms with Crippen LogP contribution in [-0.4, -0.2) is 29.4 Å². The summed E-state index contributed by atoms with van der Waals surface area (Å²) >= 11 is 0. The van der Waals surface area contributed by atoms with Crippen LogP contribution in [0.4, 0.5) is 0 Å². The van der Waals surface area contributed by atoms with Crippen LogP contribution in [0.3, 0.4) is 0 Å². The number of carbonyl (C=O) groups is 1. The standard InChI is InChI=1S/C13H27N3O/c1-4-12-8-6-5-7-9-16(12)11(3)10(2)13(17)15-14/h10-12H,4-9,14H2,1-3H3,(H,15,17). The van der Waals surface area contributed by atoms with Crippen molar-refractivity contribution in [1.29, 1.82) is 0 Å². The minimum absolute atomic E-state index is 0.0489. The predicted octanol–water partition coefficient (Wildman–Crippen LogP) is 1.66. The molecule has 1 heterocycles. The van der Waals surface area contributed by atoms with E-state index in [1.807, 2.05) is 6.92 Å². The molecule has 0 bridgehead atoms. The van der Waals surface area contributed by atoms with Crippen LogP contribution in [0.15, 0.2) is 0 Å². The van der Waals surface area contributed by atoms with Crippen LogP contribution in [0.1, 0.15) is 52.9 Å². The number of rotatable bonds is 4. The van der Waals surface area contributed by atoms with Gasteiger partial charge in [0.15, 0.2) is 0 Å². The van der Waals surface area contributed by atoms with Crippen molar-refractivity contribution >= 4 is 5.91 Å². The molecular formula is C13H27N3O. The molecule has 0 aliphatic carbocycles. The second-order valence-electron chi connectivity index (χ2n) is 5.19. The zero-order valence-electron chi connectivity index (χ0n) is 11.4. The summed E-state index contributed by atoms with van der Waals surface area (Å²) in [6.07, 6.45) is 6.31. The average Bonchev–Trinajstić information content (AvgIpc) is 2.60. The smallest absolute Gasteiger partial charge is 0.238 e. The molecule has 3 N–H and O–H groups in total. The molecule has 1 saturated heterocycles. The number of hydrogen-bond acceptors (Lipinski definition) is 3. The maximum atomic E-state index is 11.6. The molecule has 4 nitrogen and oxygen atoms in total. The molecule has 4 heteroatoms. The Morgan fingerprint density at radius 3 is 2.71 bits per heavy atom. The van der Waals surface area contributed by atoms with Gasteiger partial charge in [0.2, 0.25) is 5.91 Å². The maximum absolute atomic E-state index is 11.6. The summed E-state index contributed by atoms with van der Waals surface area (Å²) in [4.78, 5) is 14.1. The van der Waals surface area contributed by atoms with E-state index in [1.165, 1.54) is 32.1 Å². The summed E-state index contributed by atoms with van der Waals surface area (Å²) in [5.74, 6) is 5.11. The Kier molecular flexibility index (Phi) is 5.92. The fourth-order valence-electron chi connectivity index (χ4n) is 2.81. The molecule has 0 spiro atoms. The Labute approximate surface area is 105 Å². The number of nitrogens with two attached hydrogens (primary N) is 1. The van der Waals surface area contributed by atoms with E-state index >= 15 is 0 Å². The van der Waals surface area contributed by atoms with Crippen molar-refractivity contribution < 1.29 is 4.79 Å². The monoisotopic (exact) mass is 241 g/mol. The van der Waals surface area contributed by atoms with Crippen molar-refractivity contribution in [2.75, 3.05) is 6.54 Å². The van der Waals surface area contributed by atoms with Gasteiger partial charge >= 0.3 is 0 Å². The highest BCUT2D eigenvalue weighted by Gasteiger charge is 2.30. The lowest BCUT2D eigenvalue weighted by atomic mass is 9.98. The van der Waals surface area contributed by atoms with E-state index in [2.05, 4.69) is 24.2 Å². The third-order valence-electron chi connectivity index (χ3n) is 4.20. The van der Waals surface area contributed by atoms with Gasteiger partial charge in [0.05, 0.1) is 5.92 Å². The van der Waals surface area contributed by atoms with Crippen molar-refractivity contribution in [3.63, 3.8) is 0 Å². The van der Waals surface area contributed by atoms with Gasteiger partial charge in [0.25, 0.3) is 0 Å². The molecule has 3 atom stereocenters. The molecule has 0 radical (unpaired) electrons. The minimum atomic E-state index is -0.0587. The zero-order chi connectivity index (χ0) is 12.8. The Hall–Kier alpha value is -0.610. The summed E-state index contributed by atoms with van der Waals surface area (Å²) in [6, 6.07) is 0.891. The fourth-order valence-corrected chi connectivity index (χ4v) is 2.81. The topological polar surface area (TPSA) is 58.4 Å². The van der Waals surface area contributed by atoms with E-state index < -0.39 is 0 Å². The van der Waals surface area contributed by atoms with Gasteiger partial charge < -0.3 is 0 Å². The van der Waals surface area contributed by atoms with E-state index in [9.17, 15) is 4.79 Å². The van der Waals surface area contributed by atoms with Gasteiger partial charge in [-0.25, -0.2) is 5.84 Å². The van der Waals surface area contributed by atoms with E-state index in [-0.39, 0.29) is 17.9 Å². The third-order valence-corrected chi connectivity index (χ3v) is 4.20. The van der Waals surface area contributed by atoms with E-state index in [1.54, 1.807) is 0 Å². The molecular weight excluding hydrogens is 214 g/mol. The molecule has 1 amide bonds. The van der Waals surface area contributed by atoms with E-state index in [4.69, 9.17) is 5.84 Å². The molecule has 0 saturated carbocycles. The Morgan fingerprint density at radius 2 is 2.12 bits per heavy atom. The van der Waals surface area contributed by atoms with Gasteiger partial charge in [-0.2, -0.15) is 0 Å². The first kappa shape index (κ1) is 14.5. The molecule has 0 aromatic carbocycles. The Balaban J connectivity index is 2.69. The lowest BCUT2D eigenvalue weighted by Gasteiger charge is -2.37. The first-order valence-corrected chi connectivity index (χ1v) is 6.88. The Bertz CT molecular complexity index is 245. The highest BCUT2D eigenvalue weighted by Crippen LogP contribution is 2.24. The van der Waals surface area contributed by atoms with Gasteiger partial charge in [-0.05, 0) is 32.7 Å². The van der Waals surface area contributed by atoms with Crippen LogP contribution in [0.5, 0.6) is 0 Å². The second-order valence-corrected chi connectivity index (χ2v) is 5.19. The van der Waals surface area contributed by atoms with Gasteiger partial charge in [-0.15, -0.1) is 0 Å². The number of likely N-dealkylation sites (tertiary alicyclic amines) is 1. The molecule has 1 fully saturated rings. The molecule has 0 aromatic rings. The molecule has 3 unspecified atom stereocenters. The second kappa shape index (κ2) is 6.97. The Morgan fingerprint density at radius 1 is 1.41 bits per heavy atom. The van der Waals surface area contributed by atoms with Gasteiger partial charge in [-0.1, -0.05) is 26.7 Å². The first-order chi connectivity index (χ1) is 8.11. The molecule has 0 aromatic heterocycles. The van der Waals surface area contributed by atoms with Crippen LogP contribution < -0.4 is 11.3 Å². The van der Waals surface area contributed by atoms with Gasteiger partial charge in [0.1, 0.15) is 0 Å². The largest absolute Gasteiger partial charge is 0.297 e. The van der Waals surface area contributed by atoms with Crippen molar-refractivity contribution in [1.82, 2.24) is 10.3 Å². The molecule has 1 rings (SSSR count). The van der Waals surface area contributed by atoms with Gasteiger partial charge in [-0.3, -0.25) is 15.1 Å². The quantitative estimate of drug-likeness (QED) is 0.447. The highest BCUT2D eigenvalue weighted by atomic mass is 16.2. The molecule has 100 valence electrons. The minimum Gasteiger partial charge on any atom is -0.297 e. The summed E-state index contributed by atoms with van der Waals surface area (Å²) in [7, 11) is 0. The van der Waals surface area contributed by atoms with E-state index in [0.29, 0.717) is 6.04 Å². The van der Waals surface area contributed by atoms with Crippen molar-refractivity contribution in [2.45, 2.75) is 65.0 Å². The van der Waals surface area contributed by atoms with Crippen LogP contribution in [-0.2, 0) is 4.79 Å². The maximum Gasteiger partial charge on any atom is 0.238 e. The number of hydrogen-bond donors (Lipinski definition) is 2. The summed E-state index contributed by atoms with van der Waals surface area (Å²) in [5.41, 5.74) is 2.27. The van der Waals surface area contributed by atoms with E-state index in [0.717, 1.165) is 6.54 Å². The lowest BCUT2D eigenvalue weighted by molar-refractivity contribution is -0.126. The summed E-state index contributed by atoms with van der Waals surface area (Å²) in [5, 5.41) is 0. The summed E-state index contributed by atoms with van der Waals surface area (Å²) in [6.45, 7) is 7.46. The lowest BCUT2D eigenvalue weighted by Crippen LogP contribution is -2.49. The van der Waals surface area contributed by atoms with Crippen molar-refractivity contribution in [2.24, 2.45) is 11.8 Å². The molecule has 1 aliphatic heterocycles. The van der Waals surface area contributed by atoms with Crippen molar-refractivity contribution in [3.05, 3.63) is 0 Å². The number of nitrogens with one attached hydrogen (secondary N) is 1. The molecule has 17 heavy (non-hydrogen) atoms. The SMILES string of the molecule is CCC1CCCCCN1C(C)C(C)C(=O)NN. The number of nitrogens with zero attached hydrogens (tertiary/aromatic N) is 1. The highest BCUT2D eigenvalue weighted by molar-refractivity contribution is 5.78. The van der Waals surface area contributed by atoms with Crippen LogP contribution in [0.2, 0.25) is 0 Å². The fraction of sp³-hybridized carbons (Fsp3) is 0.923. The zero-order valence-corrected chi connectivity index (χ0v) is 11.4. The summed E-state index contributed by atoms with van der Waals surface area (Å²) < 4.78 is 0. The van der Waals surface area contributed by atoms with Gasteiger partial charge in [0, 0.05) is 12.1 Å². The number of carbonyl (C=O) groups excluding carboxylic acids is 1. The molecule has 1 aliphatic rings. The first-order valence-electron chi connectivity index (χ1n) is 6.88. The normalized spacial score (nSPS) is 26.0. The van der Waals surface area contributed by atoms with Crippen LogP contribution in [0.25, 0.3) is 0 Å².